The van der Waals surface area contributed by atoms with Gasteiger partial charge < -0.3 is 19.3 Å². The Morgan fingerprint density at radius 1 is 1.33 bits per heavy atom. The molecule has 2 aliphatic rings. The normalized spacial score (nSPS) is 23.7. The lowest BCUT2D eigenvalue weighted by molar-refractivity contribution is 0.0776. The van der Waals surface area contributed by atoms with Crippen LogP contribution in [0.15, 0.2) is 47.3 Å². The van der Waals surface area contributed by atoms with Gasteiger partial charge in [0.25, 0.3) is 11.5 Å². The van der Waals surface area contributed by atoms with Gasteiger partial charge in [-0.1, -0.05) is 31.2 Å². The number of methoxy groups -OCH3 is 1. The molecule has 2 atom stereocenters. The van der Waals surface area contributed by atoms with Gasteiger partial charge in [0.15, 0.2) is 0 Å². The van der Waals surface area contributed by atoms with Crippen LogP contribution in [0.2, 0.25) is 0 Å². The summed E-state index contributed by atoms with van der Waals surface area (Å²) in [6, 6.07) is 5.03. The van der Waals surface area contributed by atoms with Crippen molar-refractivity contribution in [2.75, 3.05) is 20.2 Å². The first kappa shape index (κ1) is 17.4. The quantitative estimate of drug-likeness (QED) is 0.886. The predicted octanol–water partition coefficient (Wildman–Crippen LogP) is 2.46. The number of nitrogens with zero attached hydrogens (tertiary/aromatic N) is 2. The first-order valence-corrected chi connectivity index (χ1v) is 8.91. The summed E-state index contributed by atoms with van der Waals surface area (Å²) < 4.78 is 6.58. The lowest BCUT2D eigenvalue weighted by Crippen LogP contribution is -2.36. The number of aromatic nitrogens is 1. The molecule has 140 valence electrons. The van der Waals surface area contributed by atoms with Crippen LogP contribution in [0.5, 0.6) is 11.5 Å². The summed E-state index contributed by atoms with van der Waals surface area (Å²) in [5.41, 5.74) is -0.314. The summed E-state index contributed by atoms with van der Waals surface area (Å²) in [6.45, 7) is 3.15. The van der Waals surface area contributed by atoms with Gasteiger partial charge in [-0.25, -0.2) is 0 Å². The summed E-state index contributed by atoms with van der Waals surface area (Å²) in [5, 5.41) is 11.2. The van der Waals surface area contributed by atoms with Crippen LogP contribution in [0.25, 0.3) is 10.9 Å². The number of amides is 1. The molecule has 2 aromatic rings. The van der Waals surface area contributed by atoms with Crippen LogP contribution in [0.3, 0.4) is 0 Å². The number of aromatic hydroxyl groups is 1. The number of fused-ring (bicyclic) bond motifs is 2. The Balaban J connectivity index is 1.80. The Morgan fingerprint density at radius 2 is 2.11 bits per heavy atom. The molecule has 1 N–H and O–H groups in total. The average Bonchev–Trinajstić information content (AvgIpc) is 3.03. The summed E-state index contributed by atoms with van der Waals surface area (Å²) >= 11 is 0. The maximum absolute atomic E-state index is 13.2. The van der Waals surface area contributed by atoms with Crippen molar-refractivity contribution in [2.24, 2.45) is 18.4 Å². The SMILES string of the molecule is COc1ccc2c(O)c(C(=O)N3CC4C=CC=CC4(C)C3)c(=O)n(C)c2c1. The minimum atomic E-state index is -0.510. The van der Waals surface area contributed by atoms with Crippen molar-refractivity contribution >= 4 is 16.8 Å². The molecule has 1 aliphatic carbocycles. The summed E-state index contributed by atoms with van der Waals surface area (Å²) in [4.78, 5) is 27.7. The Hall–Kier alpha value is -3.02. The molecular weight excluding hydrogens is 344 g/mol. The fraction of sp³-hybridized carbons (Fsp3) is 0.333. The van der Waals surface area contributed by atoms with E-state index in [0.29, 0.717) is 29.7 Å². The zero-order chi connectivity index (χ0) is 19.3. The van der Waals surface area contributed by atoms with E-state index in [2.05, 4.69) is 19.1 Å². The van der Waals surface area contributed by atoms with Gasteiger partial charge in [-0.2, -0.15) is 0 Å². The molecule has 1 saturated heterocycles. The lowest BCUT2D eigenvalue weighted by atomic mass is 9.77. The Bertz CT molecular complexity index is 1070. The molecule has 0 bridgehead atoms. The Morgan fingerprint density at radius 3 is 2.81 bits per heavy atom. The predicted molar refractivity (Wildman–Crippen MR) is 103 cm³/mol. The third kappa shape index (κ3) is 2.55. The molecule has 0 radical (unpaired) electrons. The van der Waals surface area contributed by atoms with E-state index in [1.165, 1.54) is 11.7 Å². The van der Waals surface area contributed by atoms with Crippen LogP contribution in [-0.4, -0.2) is 40.7 Å². The van der Waals surface area contributed by atoms with Crippen molar-refractivity contribution in [1.29, 1.82) is 0 Å². The molecule has 1 aromatic carbocycles. The van der Waals surface area contributed by atoms with Crippen LogP contribution in [-0.2, 0) is 7.05 Å². The molecule has 4 rings (SSSR count). The molecule has 0 saturated carbocycles. The highest BCUT2D eigenvalue weighted by Gasteiger charge is 2.43. The van der Waals surface area contributed by atoms with Gasteiger partial charge >= 0.3 is 0 Å². The number of hydrogen-bond donors (Lipinski definition) is 1. The monoisotopic (exact) mass is 366 g/mol. The molecule has 2 heterocycles. The Labute approximate surface area is 157 Å². The minimum absolute atomic E-state index is 0.143. The molecule has 1 fully saturated rings. The number of aryl methyl sites for hydroxylation is 1. The highest BCUT2D eigenvalue weighted by Crippen LogP contribution is 2.41. The third-order valence-electron chi connectivity index (χ3n) is 5.80. The number of carbonyl (C=O) groups excluding carboxylic acids is 1. The van der Waals surface area contributed by atoms with E-state index < -0.39 is 11.5 Å². The number of rotatable bonds is 2. The topological polar surface area (TPSA) is 71.8 Å². The highest BCUT2D eigenvalue weighted by molar-refractivity contribution is 6.02. The molecule has 6 heteroatoms. The molecule has 1 amide bonds. The van der Waals surface area contributed by atoms with E-state index in [4.69, 9.17) is 4.74 Å². The first-order chi connectivity index (χ1) is 12.9. The average molecular weight is 366 g/mol. The van der Waals surface area contributed by atoms with E-state index in [0.717, 1.165) is 0 Å². The van der Waals surface area contributed by atoms with Crippen LogP contribution >= 0.6 is 0 Å². The van der Waals surface area contributed by atoms with E-state index in [1.54, 1.807) is 30.1 Å². The van der Waals surface area contributed by atoms with Gasteiger partial charge in [0.2, 0.25) is 0 Å². The van der Waals surface area contributed by atoms with Gasteiger partial charge in [-0.05, 0) is 12.1 Å². The Kier molecular flexibility index (Phi) is 3.87. The molecule has 27 heavy (non-hydrogen) atoms. The van der Waals surface area contributed by atoms with Gasteiger partial charge in [-0.3, -0.25) is 9.59 Å². The number of allylic oxidation sites excluding steroid dienone is 2. The number of likely N-dealkylation sites (tertiary alicyclic amines) is 1. The maximum Gasteiger partial charge on any atom is 0.267 e. The molecule has 2 unspecified atom stereocenters. The number of benzene rings is 1. The van der Waals surface area contributed by atoms with E-state index in [9.17, 15) is 14.7 Å². The van der Waals surface area contributed by atoms with E-state index in [-0.39, 0.29) is 22.6 Å². The van der Waals surface area contributed by atoms with E-state index in [1.807, 2.05) is 12.2 Å². The van der Waals surface area contributed by atoms with Crippen molar-refractivity contribution in [1.82, 2.24) is 9.47 Å². The zero-order valence-corrected chi connectivity index (χ0v) is 15.6. The largest absolute Gasteiger partial charge is 0.506 e. The van der Waals surface area contributed by atoms with Gasteiger partial charge in [-0.15, -0.1) is 0 Å². The van der Waals surface area contributed by atoms with E-state index >= 15 is 0 Å². The lowest BCUT2D eigenvalue weighted by Gasteiger charge is -2.26. The molecule has 0 spiro atoms. The fourth-order valence-electron chi connectivity index (χ4n) is 4.10. The van der Waals surface area contributed by atoms with Crippen molar-refractivity contribution in [3.63, 3.8) is 0 Å². The maximum atomic E-state index is 13.2. The fourth-order valence-corrected chi connectivity index (χ4v) is 4.10. The second-order valence-corrected chi connectivity index (χ2v) is 7.51. The number of hydrogen-bond acceptors (Lipinski definition) is 4. The van der Waals surface area contributed by atoms with Crippen LogP contribution in [0, 0.1) is 11.3 Å². The van der Waals surface area contributed by atoms with Crippen LogP contribution in [0.4, 0.5) is 0 Å². The van der Waals surface area contributed by atoms with Crippen LogP contribution in [0.1, 0.15) is 17.3 Å². The second-order valence-electron chi connectivity index (χ2n) is 7.51. The number of pyridine rings is 1. The standard InChI is InChI=1S/C21H22N2O4/c1-21-9-5-4-6-13(21)11-23(12-21)20(26)17-18(24)15-8-7-14(27-3)10-16(15)22(2)19(17)25/h4-10,13,24H,11-12H2,1-3H3. The van der Waals surface area contributed by atoms with Crippen molar-refractivity contribution in [3.05, 3.63) is 58.4 Å². The molecule has 1 aromatic heterocycles. The summed E-state index contributed by atoms with van der Waals surface area (Å²) in [7, 11) is 3.13. The van der Waals surface area contributed by atoms with Crippen molar-refractivity contribution in [2.45, 2.75) is 6.92 Å². The molecule has 1 aliphatic heterocycles. The smallest absolute Gasteiger partial charge is 0.267 e. The molecule has 6 nitrogen and oxygen atoms in total. The highest BCUT2D eigenvalue weighted by atomic mass is 16.5. The van der Waals surface area contributed by atoms with Gasteiger partial charge in [0.05, 0.1) is 12.6 Å². The summed E-state index contributed by atoms with van der Waals surface area (Å²) in [6.07, 6.45) is 8.18. The molecular formula is C21H22N2O4. The number of ether oxygens (including phenoxy) is 1. The number of carbonyl (C=O) groups is 1. The second kappa shape index (κ2) is 6.01. The van der Waals surface area contributed by atoms with Crippen molar-refractivity contribution < 1.29 is 14.6 Å². The summed E-state index contributed by atoms with van der Waals surface area (Å²) in [5.74, 6) is 0.0864. The van der Waals surface area contributed by atoms with Crippen LogP contribution < -0.4 is 10.3 Å². The van der Waals surface area contributed by atoms with Gasteiger partial charge in [0.1, 0.15) is 17.1 Å². The van der Waals surface area contributed by atoms with Crippen molar-refractivity contribution in [3.8, 4) is 11.5 Å². The van der Waals surface area contributed by atoms with Gasteiger partial charge in [0, 0.05) is 42.9 Å². The minimum Gasteiger partial charge on any atom is -0.506 e. The third-order valence-corrected chi connectivity index (χ3v) is 5.80. The first-order valence-electron chi connectivity index (χ1n) is 8.91. The zero-order valence-electron chi connectivity index (χ0n) is 15.6.